The summed E-state index contributed by atoms with van der Waals surface area (Å²) in [5.41, 5.74) is 6.14. The third-order valence-corrected chi connectivity index (χ3v) is 2.18. The standard InChI is InChI=1S/C8H8ClIN2/c1-5(11)12-8-3-2-6(10)4-7(8)9/h2-4H,1H3,(H2,11,12). The second kappa shape index (κ2) is 4.09. The second-order valence-electron chi connectivity index (χ2n) is 2.35. The minimum Gasteiger partial charge on any atom is -0.387 e. The Labute approximate surface area is 90.0 Å². The molecule has 0 aliphatic heterocycles. The summed E-state index contributed by atoms with van der Waals surface area (Å²) < 4.78 is 1.09. The summed E-state index contributed by atoms with van der Waals surface area (Å²) in [6, 6.07) is 5.64. The van der Waals surface area contributed by atoms with Crippen LogP contribution in [0.3, 0.4) is 0 Å². The van der Waals surface area contributed by atoms with Gasteiger partial charge in [-0.05, 0) is 47.7 Å². The van der Waals surface area contributed by atoms with Crippen molar-refractivity contribution >= 4 is 45.7 Å². The van der Waals surface area contributed by atoms with Crippen molar-refractivity contribution < 1.29 is 0 Å². The Morgan fingerprint density at radius 3 is 2.75 bits per heavy atom. The minimum atomic E-state index is 0.512. The Kier molecular flexibility index (Phi) is 3.34. The fourth-order valence-electron chi connectivity index (χ4n) is 0.762. The fraction of sp³-hybridized carbons (Fsp3) is 0.125. The first-order valence-corrected chi connectivity index (χ1v) is 4.81. The molecular formula is C8H8ClIN2. The molecule has 0 fully saturated rings. The van der Waals surface area contributed by atoms with Gasteiger partial charge in [0.2, 0.25) is 0 Å². The molecule has 0 aliphatic carbocycles. The number of aliphatic imine (C=N–C) groups is 1. The number of nitrogens with zero attached hydrogens (tertiary/aromatic N) is 1. The van der Waals surface area contributed by atoms with Crippen LogP contribution in [0.5, 0.6) is 0 Å². The Morgan fingerprint density at radius 2 is 2.25 bits per heavy atom. The van der Waals surface area contributed by atoms with E-state index in [1.165, 1.54) is 0 Å². The van der Waals surface area contributed by atoms with Crippen molar-refractivity contribution in [1.82, 2.24) is 0 Å². The molecule has 0 heterocycles. The van der Waals surface area contributed by atoms with Gasteiger partial charge in [0.1, 0.15) is 0 Å². The molecule has 0 radical (unpaired) electrons. The molecule has 1 aromatic carbocycles. The number of amidine groups is 1. The topological polar surface area (TPSA) is 38.4 Å². The van der Waals surface area contributed by atoms with Gasteiger partial charge in [-0.3, -0.25) is 0 Å². The summed E-state index contributed by atoms with van der Waals surface area (Å²) in [7, 11) is 0. The van der Waals surface area contributed by atoms with Crippen molar-refractivity contribution in [2.75, 3.05) is 0 Å². The van der Waals surface area contributed by atoms with Crippen LogP contribution in [-0.2, 0) is 0 Å². The monoisotopic (exact) mass is 294 g/mol. The Balaban J connectivity index is 3.10. The summed E-state index contributed by atoms with van der Waals surface area (Å²) >= 11 is 8.10. The molecule has 0 saturated heterocycles. The molecular weight excluding hydrogens is 286 g/mol. The maximum absolute atomic E-state index is 5.91. The number of benzene rings is 1. The van der Waals surface area contributed by atoms with E-state index in [1.807, 2.05) is 18.2 Å². The van der Waals surface area contributed by atoms with Crippen LogP contribution in [0.4, 0.5) is 5.69 Å². The first-order chi connectivity index (χ1) is 5.59. The van der Waals surface area contributed by atoms with Crippen LogP contribution in [0.25, 0.3) is 0 Å². The van der Waals surface area contributed by atoms with E-state index in [0.29, 0.717) is 10.9 Å². The summed E-state index contributed by atoms with van der Waals surface area (Å²) in [6.45, 7) is 1.73. The fourth-order valence-corrected chi connectivity index (χ4v) is 1.66. The molecule has 0 amide bonds. The molecule has 0 aromatic heterocycles. The zero-order chi connectivity index (χ0) is 9.14. The van der Waals surface area contributed by atoms with Gasteiger partial charge in [0, 0.05) is 3.57 Å². The molecule has 2 N–H and O–H groups in total. The maximum Gasteiger partial charge on any atom is 0.0965 e. The van der Waals surface area contributed by atoms with E-state index in [4.69, 9.17) is 17.3 Å². The molecule has 0 spiro atoms. The van der Waals surface area contributed by atoms with Crippen LogP contribution in [0, 0.1) is 3.57 Å². The summed E-state index contributed by atoms with van der Waals surface area (Å²) in [4.78, 5) is 4.06. The summed E-state index contributed by atoms with van der Waals surface area (Å²) in [5.74, 6) is 0.512. The van der Waals surface area contributed by atoms with Gasteiger partial charge in [-0.15, -0.1) is 0 Å². The predicted octanol–water partition coefficient (Wildman–Crippen LogP) is 2.95. The lowest BCUT2D eigenvalue weighted by atomic mass is 10.3. The highest BCUT2D eigenvalue weighted by atomic mass is 127. The largest absolute Gasteiger partial charge is 0.387 e. The van der Waals surface area contributed by atoms with E-state index < -0.39 is 0 Å². The molecule has 64 valence electrons. The zero-order valence-electron chi connectivity index (χ0n) is 6.51. The van der Waals surface area contributed by atoms with Gasteiger partial charge in [-0.1, -0.05) is 11.6 Å². The van der Waals surface area contributed by atoms with Crippen LogP contribution in [0.1, 0.15) is 6.92 Å². The van der Waals surface area contributed by atoms with E-state index in [0.717, 1.165) is 9.26 Å². The Morgan fingerprint density at radius 1 is 1.58 bits per heavy atom. The van der Waals surface area contributed by atoms with Crippen molar-refractivity contribution in [3.05, 3.63) is 26.8 Å². The quantitative estimate of drug-likeness (QED) is 0.483. The second-order valence-corrected chi connectivity index (χ2v) is 4.00. The van der Waals surface area contributed by atoms with E-state index in [1.54, 1.807) is 6.92 Å². The van der Waals surface area contributed by atoms with Crippen LogP contribution < -0.4 is 5.73 Å². The average molecular weight is 295 g/mol. The van der Waals surface area contributed by atoms with E-state index in [-0.39, 0.29) is 0 Å². The third-order valence-electron chi connectivity index (χ3n) is 1.21. The van der Waals surface area contributed by atoms with Gasteiger partial charge in [0.05, 0.1) is 16.5 Å². The van der Waals surface area contributed by atoms with Gasteiger partial charge in [0.15, 0.2) is 0 Å². The molecule has 0 atom stereocenters. The maximum atomic E-state index is 5.91. The van der Waals surface area contributed by atoms with E-state index in [9.17, 15) is 0 Å². The molecule has 0 saturated carbocycles. The highest BCUT2D eigenvalue weighted by Gasteiger charge is 1.98. The number of nitrogens with two attached hydrogens (primary N) is 1. The van der Waals surface area contributed by atoms with E-state index >= 15 is 0 Å². The molecule has 1 aromatic rings. The third kappa shape index (κ3) is 2.64. The SMILES string of the molecule is CC(N)=Nc1ccc(I)cc1Cl. The molecule has 2 nitrogen and oxygen atoms in total. The smallest absolute Gasteiger partial charge is 0.0965 e. The normalized spacial score (nSPS) is 11.8. The lowest BCUT2D eigenvalue weighted by Crippen LogP contribution is -2.03. The van der Waals surface area contributed by atoms with E-state index in [2.05, 4.69) is 27.6 Å². The van der Waals surface area contributed by atoms with Crippen molar-refractivity contribution in [1.29, 1.82) is 0 Å². The number of rotatable bonds is 1. The van der Waals surface area contributed by atoms with Crippen molar-refractivity contribution in [3.63, 3.8) is 0 Å². The van der Waals surface area contributed by atoms with Gasteiger partial charge in [-0.25, -0.2) is 4.99 Å². The summed E-state index contributed by atoms with van der Waals surface area (Å²) in [5, 5.41) is 0.631. The molecule has 12 heavy (non-hydrogen) atoms. The molecule has 0 unspecified atom stereocenters. The molecule has 1 rings (SSSR count). The average Bonchev–Trinajstić information content (AvgIpc) is 1.94. The van der Waals surface area contributed by atoms with Crippen molar-refractivity contribution in [3.8, 4) is 0 Å². The lowest BCUT2D eigenvalue weighted by Gasteiger charge is -1.98. The number of halogens is 2. The highest BCUT2D eigenvalue weighted by molar-refractivity contribution is 14.1. The van der Waals surface area contributed by atoms with Crippen molar-refractivity contribution in [2.24, 2.45) is 10.7 Å². The minimum absolute atomic E-state index is 0.512. The molecule has 0 aliphatic rings. The predicted molar refractivity (Wildman–Crippen MR) is 61.1 cm³/mol. The number of hydrogen-bond acceptors (Lipinski definition) is 1. The van der Waals surface area contributed by atoms with Crippen molar-refractivity contribution in [2.45, 2.75) is 6.92 Å². The first-order valence-electron chi connectivity index (χ1n) is 3.35. The van der Waals surface area contributed by atoms with Gasteiger partial charge < -0.3 is 5.73 Å². The van der Waals surface area contributed by atoms with Crippen LogP contribution in [-0.4, -0.2) is 5.84 Å². The highest BCUT2D eigenvalue weighted by Crippen LogP contribution is 2.26. The number of hydrogen-bond donors (Lipinski definition) is 1. The van der Waals surface area contributed by atoms with Crippen LogP contribution in [0.15, 0.2) is 23.2 Å². The summed E-state index contributed by atoms with van der Waals surface area (Å²) in [6.07, 6.45) is 0. The zero-order valence-corrected chi connectivity index (χ0v) is 9.43. The first kappa shape index (κ1) is 9.80. The van der Waals surface area contributed by atoms with Gasteiger partial charge >= 0.3 is 0 Å². The van der Waals surface area contributed by atoms with Crippen LogP contribution in [0.2, 0.25) is 5.02 Å². The van der Waals surface area contributed by atoms with Gasteiger partial charge in [0.25, 0.3) is 0 Å². The lowest BCUT2D eigenvalue weighted by molar-refractivity contribution is 1.44. The van der Waals surface area contributed by atoms with Crippen LogP contribution >= 0.6 is 34.2 Å². The molecule has 0 bridgehead atoms. The Bertz CT molecular complexity index is 319. The molecule has 4 heteroatoms. The van der Waals surface area contributed by atoms with Gasteiger partial charge in [-0.2, -0.15) is 0 Å². The Hall–Kier alpha value is -0.290.